The van der Waals surface area contributed by atoms with Gasteiger partial charge in [0.05, 0.1) is 22.8 Å². The summed E-state index contributed by atoms with van der Waals surface area (Å²) in [7, 11) is 1.51. The van der Waals surface area contributed by atoms with Crippen LogP contribution in [0.25, 0.3) is 11.3 Å². The summed E-state index contributed by atoms with van der Waals surface area (Å²) in [6.07, 6.45) is 1.27. The number of halogens is 1. The van der Waals surface area contributed by atoms with Gasteiger partial charge in [0, 0.05) is 36.1 Å². The molecule has 0 saturated carbocycles. The van der Waals surface area contributed by atoms with E-state index in [-0.39, 0.29) is 28.8 Å². The number of nitro benzene ring substituents is 1. The number of furan rings is 1. The number of carbonyl (C=O) groups excluding carboxylic acids is 1. The molecule has 0 bridgehead atoms. The van der Waals surface area contributed by atoms with Crippen molar-refractivity contribution >= 4 is 29.4 Å². The van der Waals surface area contributed by atoms with E-state index in [1.807, 2.05) is 6.07 Å². The molecule has 1 N–H and O–H groups in total. The Morgan fingerprint density at radius 1 is 1.38 bits per heavy atom. The molecule has 0 radical (unpaired) electrons. The molecule has 2 heterocycles. The van der Waals surface area contributed by atoms with Crippen LogP contribution in [0.3, 0.4) is 0 Å². The number of nitrogens with zero attached hydrogens (tertiary/aromatic N) is 4. The van der Waals surface area contributed by atoms with Crippen LogP contribution in [0.15, 0.2) is 45.9 Å². The minimum absolute atomic E-state index is 0.0318. The van der Waals surface area contributed by atoms with Gasteiger partial charge in [-0.1, -0.05) is 11.6 Å². The average Bonchev–Trinajstić information content (AvgIpc) is 3.26. The highest BCUT2D eigenvalue weighted by molar-refractivity contribution is 6.33. The number of ether oxygens (including phenoxy) is 2. The lowest BCUT2D eigenvalue weighted by molar-refractivity contribution is -0.384. The van der Waals surface area contributed by atoms with Crippen LogP contribution in [0.2, 0.25) is 5.02 Å². The van der Waals surface area contributed by atoms with E-state index in [1.54, 1.807) is 25.1 Å². The van der Waals surface area contributed by atoms with Crippen LogP contribution in [0.5, 0.6) is 5.88 Å². The fourth-order valence-corrected chi connectivity index (χ4v) is 3.19. The molecule has 12 heteroatoms. The Labute approximate surface area is 198 Å². The van der Waals surface area contributed by atoms with Gasteiger partial charge in [-0.25, -0.2) is 10.4 Å². The Balaban J connectivity index is 1.60. The largest absolute Gasteiger partial charge is 0.467 e. The normalized spacial score (nSPS) is 10.8. The Bertz CT molecular complexity index is 1300. The second-order valence-corrected chi connectivity index (χ2v) is 7.26. The zero-order valence-electron chi connectivity index (χ0n) is 18.1. The van der Waals surface area contributed by atoms with Crippen molar-refractivity contribution in [2.24, 2.45) is 5.10 Å². The van der Waals surface area contributed by atoms with Crippen LogP contribution in [0.1, 0.15) is 22.6 Å². The number of carbonyl (C=O) groups is 1. The van der Waals surface area contributed by atoms with E-state index in [4.69, 9.17) is 25.5 Å². The van der Waals surface area contributed by atoms with Gasteiger partial charge in [-0.3, -0.25) is 14.9 Å². The SMILES string of the molecule is COCc1cc(C)nc(OCC(=O)N/N=C\c2ccc(-c3ccc([N+](=O)[O-])cc3Cl)o2)c1C#N. The lowest BCUT2D eigenvalue weighted by atomic mass is 10.1. The van der Waals surface area contributed by atoms with Crippen LogP contribution >= 0.6 is 11.6 Å². The van der Waals surface area contributed by atoms with Crippen LogP contribution in [-0.2, 0) is 16.1 Å². The van der Waals surface area contributed by atoms with E-state index >= 15 is 0 Å². The van der Waals surface area contributed by atoms with Gasteiger partial charge in [-0.05, 0) is 31.2 Å². The fraction of sp³-hybridized carbons (Fsp3) is 0.182. The van der Waals surface area contributed by atoms with Crippen LogP contribution in [0.4, 0.5) is 5.69 Å². The van der Waals surface area contributed by atoms with Crippen molar-refractivity contribution in [1.29, 1.82) is 5.26 Å². The number of amides is 1. The molecule has 0 aliphatic heterocycles. The third-order valence-corrected chi connectivity index (χ3v) is 4.70. The van der Waals surface area contributed by atoms with Crippen LogP contribution < -0.4 is 10.2 Å². The summed E-state index contributed by atoms with van der Waals surface area (Å²) in [5.41, 5.74) is 4.02. The predicted octanol–water partition coefficient (Wildman–Crippen LogP) is 3.76. The first-order valence-corrected chi connectivity index (χ1v) is 10.1. The van der Waals surface area contributed by atoms with Crippen molar-refractivity contribution in [3.8, 4) is 23.3 Å². The number of hydrazone groups is 1. The number of hydrogen-bond acceptors (Lipinski definition) is 9. The number of nitro groups is 1. The van der Waals surface area contributed by atoms with E-state index in [2.05, 4.69) is 15.5 Å². The van der Waals surface area contributed by atoms with Gasteiger partial charge >= 0.3 is 0 Å². The average molecular weight is 484 g/mol. The third-order valence-electron chi connectivity index (χ3n) is 4.38. The molecule has 2 aromatic heterocycles. The van der Waals surface area contributed by atoms with Gasteiger partial charge in [-0.15, -0.1) is 0 Å². The Hall–Kier alpha value is -4.27. The summed E-state index contributed by atoms with van der Waals surface area (Å²) in [6.45, 7) is 1.52. The van der Waals surface area contributed by atoms with Gasteiger partial charge in [0.1, 0.15) is 23.2 Å². The number of aromatic nitrogens is 1. The van der Waals surface area contributed by atoms with E-state index in [0.717, 1.165) is 0 Å². The maximum absolute atomic E-state index is 12.1. The van der Waals surface area contributed by atoms with Crippen LogP contribution in [-0.4, -0.2) is 35.7 Å². The van der Waals surface area contributed by atoms with Gasteiger partial charge in [0.25, 0.3) is 11.6 Å². The number of nitriles is 1. The maximum Gasteiger partial charge on any atom is 0.278 e. The van der Waals surface area contributed by atoms with Gasteiger partial charge in [0.15, 0.2) is 6.61 Å². The molecule has 3 aromatic rings. The van der Waals surface area contributed by atoms with Gasteiger partial charge < -0.3 is 13.9 Å². The molecule has 0 atom stereocenters. The number of nitrogens with one attached hydrogen (secondary N) is 1. The first-order chi connectivity index (χ1) is 16.3. The Morgan fingerprint density at radius 2 is 2.18 bits per heavy atom. The molecule has 11 nitrogen and oxygen atoms in total. The Morgan fingerprint density at radius 3 is 2.85 bits per heavy atom. The van der Waals surface area contributed by atoms with Crippen molar-refractivity contribution < 1.29 is 23.6 Å². The van der Waals surface area contributed by atoms with Crippen molar-refractivity contribution in [2.45, 2.75) is 13.5 Å². The molecule has 0 fully saturated rings. The lowest BCUT2D eigenvalue weighted by Gasteiger charge is -2.10. The monoisotopic (exact) mass is 483 g/mol. The topological polar surface area (TPSA) is 153 Å². The molecule has 3 rings (SSSR count). The molecule has 1 amide bonds. The molecule has 0 aliphatic rings. The number of pyridine rings is 1. The van der Waals surface area contributed by atoms with E-state index < -0.39 is 17.4 Å². The zero-order valence-corrected chi connectivity index (χ0v) is 18.8. The van der Waals surface area contributed by atoms with Crippen molar-refractivity contribution in [3.05, 3.63) is 74.1 Å². The Kier molecular flexibility index (Phi) is 7.92. The summed E-state index contributed by atoms with van der Waals surface area (Å²) >= 11 is 6.11. The quantitative estimate of drug-likeness (QED) is 0.274. The molecular formula is C22H18ClN5O6. The lowest BCUT2D eigenvalue weighted by Crippen LogP contribution is -2.25. The molecule has 1 aromatic carbocycles. The van der Waals surface area contributed by atoms with E-state index in [9.17, 15) is 20.2 Å². The minimum Gasteiger partial charge on any atom is -0.467 e. The number of benzene rings is 1. The smallest absolute Gasteiger partial charge is 0.278 e. The third kappa shape index (κ3) is 5.94. The number of aryl methyl sites for hydroxylation is 1. The van der Waals surface area contributed by atoms with Crippen LogP contribution in [0, 0.1) is 28.4 Å². The second-order valence-electron chi connectivity index (χ2n) is 6.85. The minimum atomic E-state index is -0.582. The van der Waals surface area contributed by atoms with E-state index in [0.29, 0.717) is 28.3 Å². The molecule has 34 heavy (non-hydrogen) atoms. The summed E-state index contributed by atoms with van der Waals surface area (Å²) in [5, 5.41) is 24.2. The second kappa shape index (κ2) is 11.0. The summed E-state index contributed by atoms with van der Waals surface area (Å²) in [4.78, 5) is 26.5. The number of rotatable bonds is 9. The highest BCUT2D eigenvalue weighted by Gasteiger charge is 2.15. The standard InChI is InChI=1S/C22H18ClN5O6/c1-13-7-14(11-32-2)18(9-24)22(26-13)33-12-21(29)27-25-10-16-4-6-20(34-16)17-5-3-15(28(30)31)8-19(17)23/h3-8,10H,11-12H2,1-2H3,(H,27,29)/b25-10-. The number of methoxy groups -OCH3 is 1. The van der Waals surface area contributed by atoms with E-state index in [1.165, 1.54) is 31.5 Å². The molecule has 0 spiro atoms. The summed E-state index contributed by atoms with van der Waals surface area (Å²) in [6, 6.07) is 10.9. The molecule has 0 saturated heterocycles. The first-order valence-electron chi connectivity index (χ1n) is 9.70. The van der Waals surface area contributed by atoms with Crippen molar-refractivity contribution in [3.63, 3.8) is 0 Å². The number of non-ortho nitro benzene ring substituents is 1. The molecule has 0 unspecified atom stereocenters. The van der Waals surface area contributed by atoms with Crippen molar-refractivity contribution in [2.75, 3.05) is 13.7 Å². The fourth-order valence-electron chi connectivity index (χ4n) is 2.92. The van der Waals surface area contributed by atoms with Crippen molar-refractivity contribution in [1.82, 2.24) is 10.4 Å². The highest BCUT2D eigenvalue weighted by Crippen LogP contribution is 2.32. The maximum atomic E-state index is 12.1. The first kappa shape index (κ1) is 24.4. The molecule has 174 valence electrons. The summed E-state index contributed by atoms with van der Waals surface area (Å²) in [5.74, 6) is 0.130. The van der Waals surface area contributed by atoms with Gasteiger partial charge in [0.2, 0.25) is 5.88 Å². The molecular weight excluding hydrogens is 466 g/mol. The summed E-state index contributed by atoms with van der Waals surface area (Å²) < 4.78 is 16.1. The highest BCUT2D eigenvalue weighted by atomic mass is 35.5. The van der Waals surface area contributed by atoms with Gasteiger partial charge in [-0.2, -0.15) is 10.4 Å². The zero-order chi connectivity index (χ0) is 24.7. The predicted molar refractivity (Wildman–Crippen MR) is 121 cm³/mol. The number of hydrogen-bond donors (Lipinski definition) is 1. The molecule has 0 aliphatic carbocycles.